The molecule has 62 heavy (non-hydrogen) atoms. The minimum absolute atomic E-state index is 0.0639. The molecule has 0 aliphatic carbocycles. The predicted octanol–water partition coefficient (Wildman–Crippen LogP) is 18.1. The van der Waals surface area contributed by atoms with E-state index in [2.05, 4.69) is 34.6 Å². The molecule has 0 bridgehead atoms. The second-order valence-corrected chi connectivity index (χ2v) is 20.2. The summed E-state index contributed by atoms with van der Waals surface area (Å²) in [5, 5.41) is 0. The minimum Gasteiger partial charge on any atom is -0.462 e. The van der Waals surface area contributed by atoms with E-state index in [-0.39, 0.29) is 31.1 Å². The fraction of sp³-hybridized carbons (Fsp3) is 0.946. The maximum atomic E-state index is 12.8. The van der Waals surface area contributed by atoms with Crippen LogP contribution in [0.3, 0.4) is 0 Å². The van der Waals surface area contributed by atoms with Crippen LogP contribution in [0.25, 0.3) is 0 Å². The van der Waals surface area contributed by atoms with Crippen LogP contribution in [0, 0.1) is 11.8 Å². The molecule has 6 heteroatoms. The van der Waals surface area contributed by atoms with E-state index >= 15 is 0 Å². The quantitative estimate of drug-likeness (QED) is 0.0344. The summed E-state index contributed by atoms with van der Waals surface area (Å²) in [7, 11) is 0. The Kier molecular flexibility index (Phi) is 47.6. The first-order chi connectivity index (χ1) is 30.2. The van der Waals surface area contributed by atoms with Crippen LogP contribution in [0.2, 0.25) is 0 Å². The van der Waals surface area contributed by atoms with Crippen molar-refractivity contribution in [3.05, 3.63) is 0 Å². The van der Waals surface area contributed by atoms with Gasteiger partial charge in [-0.1, -0.05) is 272 Å². The highest BCUT2D eigenvalue weighted by atomic mass is 16.6. The summed E-state index contributed by atoms with van der Waals surface area (Å²) in [5.74, 6) is 0.764. The summed E-state index contributed by atoms with van der Waals surface area (Å²) >= 11 is 0. The van der Waals surface area contributed by atoms with E-state index in [1.54, 1.807) is 0 Å². The van der Waals surface area contributed by atoms with Gasteiger partial charge in [-0.05, 0) is 31.1 Å². The third-order valence-corrected chi connectivity index (χ3v) is 12.7. The van der Waals surface area contributed by atoms with E-state index in [0.717, 1.165) is 69.6 Å². The lowest BCUT2D eigenvalue weighted by atomic mass is 10.0. The zero-order valence-electron chi connectivity index (χ0n) is 42.5. The molecule has 0 aromatic carbocycles. The lowest BCUT2D eigenvalue weighted by Crippen LogP contribution is -2.30. The molecule has 0 saturated carbocycles. The average molecular weight is 877 g/mol. The number of hydrogen-bond donors (Lipinski definition) is 0. The van der Waals surface area contributed by atoms with Crippen molar-refractivity contribution in [2.45, 2.75) is 317 Å². The highest BCUT2D eigenvalue weighted by Gasteiger charge is 2.19. The molecule has 0 aliphatic rings. The summed E-state index contributed by atoms with van der Waals surface area (Å²) in [6.45, 7) is 11.3. The Morgan fingerprint density at radius 2 is 0.532 bits per heavy atom. The van der Waals surface area contributed by atoms with E-state index in [0.29, 0.717) is 19.3 Å². The molecular formula is C56H108O6. The average Bonchev–Trinajstić information content (AvgIpc) is 3.24. The molecule has 0 aromatic heterocycles. The first-order valence-electron chi connectivity index (χ1n) is 27.7. The molecule has 0 aliphatic heterocycles. The molecule has 6 nitrogen and oxygen atoms in total. The summed E-state index contributed by atoms with van der Waals surface area (Å²) in [4.78, 5) is 38.0. The topological polar surface area (TPSA) is 78.9 Å². The van der Waals surface area contributed by atoms with Crippen molar-refractivity contribution in [1.82, 2.24) is 0 Å². The number of carbonyl (C=O) groups is 3. The predicted molar refractivity (Wildman–Crippen MR) is 266 cm³/mol. The molecule has 0 heterocycles. The molecule has 0 amide bonds. The lowest BCUT2D eigenvalue weighted by molar-refractivity contribution is -0.167. The van der Waals surface area contributed by atoms with Crippen molar-refractivity contribution < 1.29 is 28.6 Å². The van der Waals surface area contributed by atoms with E-state index < -0.39 is 6.10 Å². The van der Waals surface area contributed by atoms with Crippen LogP contribution >= 0.6 is 0 Å². The Labute approximate surface area is 387 Å². The van der Waals surface area contributed by atoms with E-state index in [1.165, 1.54) is 199 Å². The van der Waals surface area contributed by atoms with Crippen LogP contribution in [0.4, 0.5) is 0 Å². The van der Waals surface area contributed by atoms with Gasteiger partial charge in [-0.15, -0.1) is 0 Å². The van der Waals surface area contributed by atoms with Crippen molar-refractivity contribution in [3.8, 4) is 0 Å². The van der Waals surface area contributed by atoms with Gasteiger partial charge in [0.05, 0.1) is 0 Å². The number of rotatable bonds is 50. The van der Waals surface area contributed by atoms with Gasteiger partial charge in [0.15, 0.2) is 6.10 Å². The number of ether oxygens (including phenoxy) is 3. The van der Waals surface area contributed by atoms with Gasteiger partial charge < -0.3 is 14.2 Å². The minimum atomic E-state index is -0.762. The van der Waals surface area contributed by atoms with Crippen LogP contribution < -0.4 is 0 Å². The maximum absolute atomic E-state index is 12.8. The molecule has 0 saturated heterocycles. The van der Waals surface area contributed by atoms with E-state index in [1.807, 2.05) is 0 Å². The Morgan fingerprint density at radius 3 is 0.790 bits per heavy atom. The van der Waals surface area contributed by atoms with Gasteiger partial charge in [0, 0.05) is 19.3 Å². The van der Waals surface area contributed by atoms with Crippen LogP contribution in [0.5, 0.6) is 0 Å². The van der Waals surface area contributed by atoms with Crippen LogP contribution in [-0.4, -0.2) is 37.2 Å². The fourth-order valence-corrected chi connectivity index (χ4v) is 8.52. The molecule has 0 aromatic rings. The molecule has 0 unspecified atom stereocenters. The van der Waals surface area contributed by atoms with Crippen molar-refractivity contribution in [2.75, 3.05) is 13.2 Å². The third-order valence-electron chi connectivity index (χ3n) is 12.7. The number of hydrogen-bond acceptors (Lipinski definition) is 6. The van der Waals surface area contributed by atoms with Gasteiger partial charge in [0.25, 0.3) is 0 Å². The van der Waals surface area contributed by atoms with Crippen LogP contribution in [-0.2, 0) is 28.6 Å². The highest BCUT2D eigenvalue weighted by Crippen LogP contribution is 2.18. The van der Waals surface area contributed by atoms with Crippen molar-refractivity contribution in [2.24, 2.45) is 11.8 Å². The smallest absolute Gasteiger partial charge is 0.306 e. The number of carbonyl (C=O) groups excluding carboxylic acids is 3. The fourth-order valence-electron chi connectivity index (χ4n) is 8.52. The van der Waals surface area contributed by atoms with E-state index in [4.69, 9.17) is 14.2 Å². The molecular weight excluding hydrogens is 769 g/mol. The Hall–Kier alpha value is -1.59. The Balaban J connectivity index is 4.23. The number of unbranched alkanes of at least 4 members (excludes halogenated alkanes) is 35. The summed E-state index contributed by atoms with van der Waals surface area (Å²) in [5.41, 5.74) is 0. The maximum Gasteiger partial charge on any atom is 0.306 e. The van der Waals surface area contributed by atoms with Crippen molar-refractivity contribution in [1.29, 1.82) is 0 Å². The second kappa shape index (κ2) is 48.9. The molecule has 0 rings (SSSR count). The van der Waals surface area contributed by atoms with Gasteiger partial charge in [0.2, 0.25) is 0 Å². The SMILES string of the molecule is CCCCCCCCCCCCCCCCCCCC(=O)O[C@@H](COC(=O)CCCCCCCCCCCCCCCCCC(C)C)COC(=O)CCCCCCCCC(C)C. The Bertz CT molecular complexity index is 947. The summed E-state index contributed by atoms with van der Waals surface area (Å²) in [6, 6.07) is 0. The Morgan fingerprint density at radius 1 is 0.306 bits per heavy atom. The summed E-state index contributed by atoms with van der Waals surface area (Å²) < 4.78 is 16.8. The van der Waals surface area contributed by atoms with Crippen LogP contribution in [0.15, 0.2) is 0 Å². The number of esters is 3. The van der Waals surface area contributed by atoms with Gasteiger partial charge in [-0.25, -0.2) is 0 Å². The zero-order chi connectivity index (χ0) is 45.4. The lowest BCUT2D eigenvalue weighted by Gasteiger charge is -2.18. The highest BCUT2D eigenvalue weighted by molar-refractivity contribution is 5.71. The van der Waals surface area contributed by atoms with E-state index in [9.17, 15) is 14.4 Å². The molecule has 0 N–H and O–H groups in total. The normalized spacial score (nSPS) is 12.0. The first kappa shape index (κ1) is 60.4. The zero-order valence-corrected chi connectivity index (χ0v) is 42.5. The first-order valence-corrected chi connectivity index (χ1v) is 27.7. The monoisotopic (exact) mass is 877 g/mol. The van der Waals surface area contributed by atoms with Gasteiger partial charge in [0.1, 0.15) is 13.2 Å². The molecule has 368 valence electrons. The van der Waals surface area contributed by atoms with Gasteiger partial charge in [-0.3, -0.25) is 14.4 Å². The standard InChI is InChI=1S/C56H108O6/c1-6-7-8-9-10-11-12-13-14-15-18-22-25-28-31-38-43-48-56(59)62-53(50-61-55(58)47-42-37-33-32-35-40-45-52(4)5)49-60-54(57)46-41-36-30-27-24-21-19-16-17-20-23-26-29-34-39-44-51(2)3/h51-53H,6-50H2,1-5H3/t53-/m0/s1. The largest absolute Gasteiger partial charge is 0.462 e. The summed E-state index contributed by atoms with van der Waals surface area (Å²) in [6.07, 6.45) is 51.1. The molecule has 1 atom stereocenters. The van der Waals surface area contributed by atoms with Gasteiger partial charge >= 0.3 is 17.9 Å². The second-order valence-electron chi connectivity index (χ2n) is 20.2. The molecule has 0 radical (unpaired) electrons. The van der Waals surface area contributed by atoms with Gasteiger partial charge in [-0.2, -0.15) is 0 Å². The molecule has 0 fully saturated rings. The molecule has 0 spiro atoms. The third kappa shape index (κ3) is 49.4. The van der Waals surface area contributed by atoms with Crippen molar-refractivity contribution >= 4 is 17.9 Å². The van der Waals surface area contributed by atoms with Crippen molar-refractivity contribution in [3.63, 3.8) is 0 Å². The van der Waals surface area contributed by atoms with Crippen LogP contribution in [0.1, 0.15) is 311 Å².